The number of ether oxygens (including phenoxy) is 1. The second-order valence-electron chi connectivity index (χ2n) is 4.88. The summed E-state index contributed by atoms with van der Waals surface area (Å²) in [5.41, 5.74) is 0.693. The maximum absolute atomic E-state index is 12.8. The van der Waals surface area contributed by atoms with Gasteiger partial charge in [-0.05, 0) is 17.7 Å². The molecule has 1 aromatic carbocycles. The number of benzene rings is 1. The molecule has 1 aliphatic heterocycles. The highest BCUT2D eigenvalue weighted by molar-refractivity contribution is 5.85. The van der Waals surface area contributed by atoms with Gasteiger partial charge in [-0.25, -0.2) is 8.78 Å². The van der Waals surface area contributed by atoms with E-state index in [2.05, 4.69) is 10.1 Å². The normalized spacial score (nSPS) is 17.4. The molecule has 0 aliphatic carbocycles. The van der Waals surface area contributed by atoms with Crippen molar-refractivity contribution in [3.8, 4) is 5.75 Å². The molecule has 126 valence electrons. The third-order valence-electron chi connectivity index (χ3n) is 3.48. The third-order valence-corrected chi connectivity index (χ3v) is 3.48. The van der Waals surface area contributed by atoms with Gasteiger partial charge >= 0.3 is 6.61 Å². The summed E-state index contributed by atoms with van der Waals surface area (Å²) in [7, 11) is 0. The van der Waals surface area contributed by atoms with Crippen LogP contribution in [0.1, 0.15) is 18.0 Å². The van der Waals surface area contributed by atoms with Gasteiger partial charge in [-0.1, -0.05) is 12.1 Å². The largest absolute Gasteiger partial charge is 0.435 e. The van der Waals surface area contributed by atoms with E-state index in [4.69, 9.17) is 0 Å². The molecule has 0 aromatic heterocycles. The number of nitrogens with zero attached hydrogens (tertiary/aromatic N) is 1. The summed E-state index contributed by atoms with van der Waals surface area (Å²) >= 11 is 0. The van der Waals surface area contributed by atoms with E-state index in [-0.39, 0.29) is 24.6 Å². The summed E-state index contributed by atoms with van der Waals surface area (Å²) in [6.45, 7) is -0.00119. The predicted molar refractivity (Wildman–Crippen MR) is 78.1 cm³/mol. The number of piperazine rings is 1. The van der Waals surface area contributed by atoms with Crippen molar-refractivity contribution in [1.82, 2.24) is 10.2 Å². The SMILES string of the molecule is Cl.FC(F)C[C@H](c1ccc(OC(F)F)cc1)N1CCNCC1. The molecule has 0 saturated carbocycles. The molecule has 22 heavy (non-hydrogen) atoms. The smallest absolute Gasteiger partial charge is 0.387 e. The van der Waals surface area contributed by atoms with Crippen molar-refractivity contribution in [2.24, 2.45) is 0 Å². The Morgan fingerprint density at radius 1 is 1.05 bits per heavy atom. The third kappa shape index (κ3) is 5.62. The minimum atomic E-state index is -2.89. The number of rotatable bonds is 6. The topological polar surface area (TPSA) is 24.5 Å². The molecule has 0 amide bonds. The zero-order valence-electron chi connectivity index (χ0n) is 11.9. The average molecular weight is 343 g/mol. The van der Waals surface area contributed by atoms with E-state index in [0.717, 1.165) is 13.1 Å². The van der Waals surface area contributed by atoms with Crippen LogP contribution in [0.3, 0.4) is 0 Å². The fraction of sp³-hybridized carbons (Fsp3) is 0.571. The molecule has 0 radical (unpaired) electrons. The van der Waals surface area contributed by atoms with Crippen LogP contribution in [0.25, 0.3) is 0 Å². The molecule has 1 heterocycles. The molecule has 2 rings (SSSR count). The Kier molecular flexibility index (Phi) is 7.92. The van der Waals surface area contributed by atoms with Crippen LogP contribution in [0.2, 0.25) is 0 Å². The minimum Gasteiger partial charge on any atom is -0.435 e. The number of hydrogen-bond donors (Lipinski definition) is 1. The molecule has 1 aromatic rings. The van der Waals surface area contributed by atoms with Crippen molar-refractivity contribution in [3.63, 3.8) is 0 Å². The van der Waals surface area contributed by atoms with E-state index in [1.165, 1.54) is 12.1 Å². The molecule has 1 atom stereocenters. The van der Waals surface area contributed by atoms with Crippen molar-refractivity contribution in [3.05, 3.63) is 29.8 Å². The number of halogens is 5. The summed E-state index contributed by atoms with van der Waals surface area (Å²) in [6.07, 6.45) is -2.68. The number of nitrogens with one attached hydrogen (secondary N) is 1. The van der Waals surface area contributed by atoms with Gasteiger partial charge in [0.15, 0.2) is 0 Å². The molecule has 3 nitrogen and oxygen atoms in total. The second kappa shape index (κ2) is 9.17. The summed E-state index contributed by atoms with van der Waals surface area (Å²) in [5, 5.41) is 3.17. The first kappa shape index (κ1) is 19.0. The lowest BCUT2D eigenvalue weighted by molar-refractivity contribution is -0.0498. The van der Waals surface area contributed by atoms with Gasteiger partial charge in [0.05, 0.1) is 0 Å². The molecule has 1 N–H and O–H groups in total. The molecule has 0 bridgehead atoms. The van der Waals surface area contributed by atoms with Crippen molar-refractivity contribution in [2.75, 3.05) is 26.2 Å². The number of alkyl halides is 4. The first-order chi connectivity index (χ1) is 10.1. The van der Waals surface area contributed by atoms with E-state index < -0.39 is 19.1 Å². The highest BCUT2D eigenvalue weighted by Crippen LogP contribution is 2.29. The fourth-order valence-corrected chi connectivity index (χ4v) is 2.53. The molecule has 0 unspecified atom stereocenters. The zero-order valence-corrected chi connectivity index (χ0v) is 12.7. The maximum Gasteiger partial charge on any atom is 0.387 e. The van der Waals surface area contributed by atoms with E-state index in [0.29, 0.717) is 18.7 Å². The van der Waals surface area contributed by atoms with Crippen LogP contribution in [-0.2, 0) is 0 Å². The van der Waals surface area contributed by atoms with Crippen LogP contribution in [0.4, 0.5) is 17.6 Å². The Morgan fingerprint density at radius 3 is 2.14 bits per heavy atom. The van der Waals surface area contributed by atoms with Crippen molar-refractivity contribution in [2.45, 2.75) is 25.5 Å². The molecular weight excluding hydrogens is 324 g/mol. The van der Waals surface area contributed by atoms with Crippen molar-refractivity contribution < 1.29 is 22.3 Å². The average Bonchev–Trinajstić information content (AvgIpc) is 2.46. The fourth-order valence-electron chi connectivity index (χ4n) is 2.53. The van der Waals surface area contributed by atoms with Crippen LogP contribution >= 0.6 is 12.4 Å². The van der Waals surface area contributed by atoms with E-state index in [9.17, 15) is 17.6 Å². The van der Waals surface area contributed by atoms with Crippen LogP contribution in [0.15, 0.2) is 24.3 Å². The highest BCUT2D eigenvalue weighted by Gasteiger charge is 2.25. The lowest BCUT2D eigenvalue weighted by Gasteiger charge is -2.35. The predicted octanol–water partition coefficient (Wildman–Crippen LogP) is 3.31. The van der Waals surface area contributed by atoms with Gasteiger partial charge in [0.2, 0.25) is 6.43 Å². The first-order valence-corrected chi connectivity index (χ1v) is 6.84. The highest BCUT2D eigenvalue weighted by atomic mass is 35.5. The Morgan fingerprint density at radius 2 is 1.64 bits per heavy atom. The van der Waals surface area contributed by atoms with Gasteiger partial charge in [0, 0.05) is 38.6 Å². The molecule has 1 aliphatic rings. The van der Waals surface area contributed by atoms with Crippen LogP contribution in [0, 0.1) is 0 Å². The standard InChI is InChI=1S/C14H18F4N2O.ClH/c15-13(16)9-12(20-7-5-19-6-8-20)10-1-3-11(4-2-10)21-14(17)18;/h1-4,12-14,19H,5-9H2;1H/t12-;/m1./s1. The lowest BCUT2D eigenvalue weighted by atomic mass is 10.0. The van der Waals surface area contributed by atoms with E-state index in [1.807, 2.05) is 4.90 Å². The molecular formula is C14H19ClF4N2O. The quantitative estimate of drug-likeness (QED) is 0.803. The Balaban J connectivity index is 0.00000242. The summed E-state index contributed by atoms with van der Waals surface area (Å²) in [4.78, 5) is 1.99. The Bertz CT molecular complexity index is 427. The van der Waals surface area contributed by atoms with Gasteiger partial charge in [0.1, 0.15) is 5.75 Å². The monoisotopic (exact) mass is 342 g/mol. The van der Waals surface area contributed by atoms with Gasteiger partial charge in [0.25, 0.3) is 0 Å². The minimum absolute atomic E-state index is 0. The zero-order chi connectivity index (χ0) is 15.2. The van der Waals surface area contributed by atoms with E-state index >= 15 is 0 Å². The Hall–Kier alpha value is -1.05. The molecule has 1 saturated heterocycles. The second-order valence-corrected chi connectivity index (χ2v) is 4.88. The van der Waals surface area contributed by atoms with E-state index in [1.54, 1.807) is 12.1 Å². The summed E-state index contributed by atoms with van der Waals surface area (Å²) in [5.74, 6) is 0.0323. The van der Waals surface area contributed by atoms with Gasteiger partial charge in [-0.2, -0.15) is 8.78 Å². The van der Waals surface area contributed by atoms with Crippen LogP contribution in [-0.4, -0.2) is 44.1 Å². The maximum atomic E-state index is 12.8. The van der Waals surface area contributed by atoms with Gasteiger partial charge in [-0.3, -0.25) is 4.90 Å². The summed E-state index contributed by atoms with van der Waals surface area (Å²) in [6, 6.07) is 5.52. The number of hydrogen-bond acceptors (Lipinski definition) is 3. The lowest BCUT2D eigenvalue weighted by Crippen LogP contribution is -2.45. The first-order valence-electron chi connectivity index (χ1n) is 6.84. The van der Waals surface area contributed by atoms with Crippen molar-refractivity contribution >= 4 is 12.4 Å². The molecule has 1 fully saturated rings. The summed E-state index contributed by atoms with van der Waals surface area (Å²) < 4.78 is 54.1. The van der Waals surface area contributed by atoms with Gasteiger partial charge < -0.3 is 10.1 Å². The Labute approximate surface area is 133 Å². The van der Waals surface area contributed by atoms with Gasteiger partial charge in [-0.15, -0.1) is 12.4 Å². The molecule has 0 spiro atoms. The van der Waals surface area contributed by atoms with Crippen molar-refractivity contribution in [1.29, 1.82) is 0 Å². The van der Waals surface area contributed by atoms with Crippen LogP contribution < -0.4 is 10.1 Å². The molecule has 8 heteroatoms. The van der Waals surface area contributed by atoms with Crippen LogP contribution in [0.5, 0.6) is 5.75 Å².